The molecule has 2 aliphatic rings. The second-order valence-electron chi connectivity index (χ2n) is 6.43. The van der Waals surface area contributed by atoms with E-state index >= 15 is 0 Å². The van der Waals surface area contributed by atoms with Gasteiger partial charge < -0.3 is 14.8 Å². The quantitative estimate of drug-likeness (QED) is 0.867. The van der Waals surface area contributed by atoms with Gasteiger partial charge in [0.25, 0.3) is 0 Å². The van der Waals surface area contributed by atoms with Crippen LogP contribution in [0.25, 0.3) is 0 Å². The number of rotatable bonds is 4. The van der Waals surface area contributed by atoms with Crippen molar-refractivity contribution in [3.8, 4) is 5.75 Å². The molecule has 2 fully saturated rings. The number of hydrogen-bond acceptors (Lipinski definition) is 4. The highest BCUT2D eigenvalue weighted by molar-refractivity contribution is 5.87. The molecule has 0 bridgehead atoms. The van der Waals surface area contributed by atoms with Gasteiger partial charge >= 0.3 is 5.97 Å². The molecular weight excluding hydrogens is 294 g/mol. The molecule has 5 nitrogen and oxygen atoms in total. The average Bonchev–Trinajstić information content (AvgIpc) is 2.89. The van der Waals surface area contributed by atoms with Crippen molar-refractivity contribution in [1.82, 2.24) is 5.32 Å². The lowest BCUT2D eigenvalue weighted by molar-refractivity contribution is -0.153. The first kappa shape index (κ1) is 15.8. The van der Waals surface area contributed by atoms with E-state index in [0.29, 0.717) is 6.54 Å². The molecule has 1 amide bonds. The Hall–Kier alpha value is -2.04. The fraction of sp³-hybridized carbons (Fsp3) is 0.556. The third-order valence-corrected chi connectivity index (χ3v) is 4.94. The molecular formula is C18H23NO4. The van der Waals surface area contributed by atoms with Crippen LogP contribution < -0.4 is 10.1 Å². The van der Waals surface area contributed by atoms with E-state index in [1.165, 1.54) is 0 Å². The van der Waals surface area contributed by atoms with Crippen molar-refractivity contribution in [2.24, 2.45) is 5.92 Å². The summed E-state index contributed by atoms with van der Waals surface area (Å²) in [5.41, 5.74) is 0.411. The van der Waals surface area contributed by atoms with Crippen molar-refractivity contribution >= 4 is 11.9 Å². The first-order valence-electron chi connectivity index (χ1n) is 8.25. The van der Waals surface area contributed by atoms with E-state index in [2.05, 4.69) is 5.32 Å². The third-order valence-electron chi connectivity index (χ3n) is 4.94. The van der Waals surface area contributed by atoms with Gasteiger partial charge in [-0.2, -0.15) is 0 Å². The standard InChI is InChI=1S/C18H23NO4/c1-22-14-7-5-6-13(10-14)12-19-17(21)15-11-16(20)23-18(15)8-3-2-4-9-18/h5-7,10,15H,2-4,8-9,11-12H2,1H3,(H,19,21)/t15-/m1/s1. The van der Waals surface area contributed by atoms with Crippen molar-refractivity contribution in [3.63, 3.8) is 0 Å². The number of amides is 1. The molecule has 0 aromatic heterocycles. The van der Waals surface area contributed by atoms with Crippen LogP contribution in [0.2, 0.25) is 0 Å². The predicted molar refractivity (Wildman–Crippen MR) is 84.9 cm³/mol. The number of carbonyl (C=O) groups excluding carboxylic acids is 2. The molecule has 0 radical (unpaired) electrons. The second-order valence-corrected chi connectivity index (χ2v) is 6.43. The van der Waals surface area contributed by atoms with Crippen LogP contribution in [0, 0.1) is 5.92 Å². The van der Waals surface area contributed by atoms with Crippen LogP contribution in [0.1, 0.15) is 44.1 Å². The van der Waals surface area contributed by atoms with Crippen LogP contribution in [0.4, 0.5) is 0 Å². The van der Waals surface area contributed by atoms with Gasteiger partial charge in [-0.3, -0.25) is 9.59 Å². The highest BCUT2D eigenvalue weighted by atomic mass is 16.6. The van der Waals surface area contributed by atoms with Gasteiger partial charge in [-0.1, -0.05) is 18.6 Å². The summed E-state index contributed by atoms with van der Waals surface area (Å²) in [4.78, 5) is 24.4. The van der Waals surface area contributed by atoms with Gasteiger partial charge in [-0.05, 0) is 43.4 Å². The monoisotopic (exact) mass is 317 g/mol. The van der Waals surface area contributed by atoms with Gasteiger partial charge in [0.15, 0.2) is 0 Å². The Morgan fingerprint density at radius 2 is 2.13 bits per heavy atom. The maximum Gasteiger partial charge on any atom is 0.307 e. The highest BCUT2D eigenvalue weighted by Crippen LogP contribution is 2.44. The van der Waals surface area contributed by atoms with Crippen LogP contribution in [0.5, 0.6) is 5.75 Å². The molecule has 1 aliphatic carbocycles. The van der Waals surface area contributed by atoms with Gasteiger partial charge in [-0.25, -0.2) is 0 Å². The molecule has 0 unspecified atom stereocenters. The van der Waals surface area contributed by atoms with Crippen molar-refractivity contribution in [3.05, 3.63) is 29.8 Å². The molecule has 1 aliphatic heterocycles. The molecule has 1 aromatic carbocycles. The van der Waals surface area contributed by atoms with E-state index in [9.17, 15) is 9.59 Å². The summed E-state index contributed by atoms with van der Waals surface area (Å²) in [5, 5.41) is 2.96. The van der Waals surface area contributed by atoms with Crippen LogP contribution in [-0.2, 0) is 20.9 Å². The lowest BCUT2D eigenvalue weighted by Crippen LogP contribution is -2.45. The minimum absolute atomic E-state index is 0.0828. The molecule has 1 heterocycles. The number of ether oxygens (including phenoxy) is 2. The molecule has 1 aromatic rings. The minimum atomic E-state index is -0.562. The molecule has 1 N–H and O–H groups in total. The summed E-state index contributed by atoms with van der Waals surface area (Å²) in [5.74, 6) is 0.0785. The van der Waals surface area contributed by atoms with Crippen molar-refractivity contribution in [2.45, 2.75) is 50.7 Å². The van der Waals surface area contributed by atoms with Gasteiger partial charge in [0, 0.05) is 6.54 Å². The van der Waals surface area contributed by atoms with E-state index in [0.717, 1.165) is 43.4 Å². The number of methoxy groups -OCH3 is 1. The van der Waals surface area contributed by atoms with Crippen molar-refractivity contribution < 1.29 is 19.1 Å². The summed E-state index contributed by atoms with van der Waals surface area (Å²) in [7, 11) is 1.62. The Morgan fingerprint density at radius 3 is 2.87 bits per heavy atom. The van der Waals surface area contributed by atoms with Gasteiger partial charge in [0.2, 0.25) is 5.91 Å². The fourth-order valence-electron chi connectivity index (χ4n) is 3.72. The molecule has 5 heteroatoms. The molecule has 1 spiro atoms. The summed E-state index contributed by atoms with van der Waals surface area (Å²) >= 11 is 0. The maximum atomic E-state index is 12.6. The third kappa shape index (κ3) is 3.33. The lowest BCUT2D eigenvalue weighted by Gasteiger charge is -2.36. The zero-order chi connectivity index (χ0) is 16.3. The van der Waals surface area contributed by atoms with Crippen LogP contribution in [0.15, 0.2) is 24.3 Å². The Balaban J connectivity index is 1.65. The van der Waals surface area contributed by atoms with Gasteiger partial charge in [0.05, 0.1) is 19.4 Å². The smallest absolute Gasteiger partial charge is 0.307 e. The van der Waals surface area contributed by atoms with Gasteiger partial charge in [0.1, 0.15) is 11.4 Å². The zero-order valence-electron chi connectivity index (χ0n) is 13.5. The summed E-state index contributed by atoms with van der Waals surface area (Å²) in [6.07, 6.45) is 4.99. The Bertz CT molecular complexity index is 592. The number of carbonyl (C=O) groups is 2. The van der Waals surface area contributed by atoms with E-state index in [1.54, 1.807) is 7.11 Å². The van der Waals surface area contributed by atoms with Crippen LogP contribution >= 0.6 is 0 Å². The molecule has 1 atom stereocenters. The number of esters is 1. The summed E-state index contributed by atoms with van der Waals surface area (Å²) in [6, 6.07) is 7.60. The van der Waals surface area contributed by atoms with Crippen molar-refractivity contribution in [1.29, 1.82) is 0 Å². The zero-order valence-corrected chi connectivity index (χ0v) is 13.5. The first-order valence-corrected chi connectivity index (χ1v) is 8.25. The van der Waals surface area contributed by atoms with E-state index in [-0.39, 0.29) is 24.2 Å². The van der Waals surface area contributed by atoms with Gasteiger partial charge in [-0.15, -0.1) is 0 Å². The lowest BCUT2D eigenvalue weighted by atomic mass is 9.75. The van der Waals surface area contributed by atoms with E-state index in [1.807, 2.05) is 24.3 Å². The molecule has 1 saturated carbocycles. The SMILES string of the molecule is COc1cccc(CNC(=O)[C@H]2CC(=O)OC23CCCCC3)c1. The Kier molecular flexibility index (Phi) is 4.55. The van der Waals surface area contributed by atoms with E-state index in [4.69, 9.17) is 9.47 Å². The Morgan fingerprint density at radius 1 is 1.35 bits per heavy atom. The number of benzene rings is 1. The van der Waals surface area contributed by atoms with Crippen LogP contribution in [0.3, 0.4) is 0 Å². The van der Waals surface area contributed by atoms with Crippen LogP contribution in [-0.4, -0.2) is 24.6 Å². The molecule has 23 heavy (non-hydrogen) atoms. The predicted octanol–water partition coefficient (Wildman–Crippen LogP) is 2.58. The topological polar surface area (TPSA) is 64.6 Å². The molecule has 1 saturated heterocycles. The normalized spacial score (nSPS) is 22.7. The maximum absolute atomic E-state index is 12.6. The van der Waals surface area contributed by atoms with E-state index < -0.39 is 5.60 Å². The summed E-state index contributed by atoms with van der Waals surface area (Å²) in [6.45, 7) is 0.427. The number of nitrogens with one attached hydrogen (secondary N) is 1. The van der Waals surface area contributed by atoms with Crippen molar-refractivity contribution in [2.75, 3.05) is 7.11 Å². The second kappa shape index (κ2) is 6.60. The summed E-state index contributed by atoms with van der Waals surface area (Å²) < 4.78 is 10.8. The largest absolute Gasteiger partial charge is 0.497 e. The Labute approximate surface area is 136 Å². The minimum Gasteiger partial charge on any atom is -0.497 e. The fourth-order valence-corrected chi connectivity index (χ4v) is 3.72. The molecule has 124 valence electrons. The first-order chi connectivity index (χ1) is 11.1. The number of hydrogen-bond donors (Lipinski definition) is 1. The average molecular weight is 317 g/mol. The highest BCUT2D eigenvalue weighted by Gasteiger charge is 2.52. The molecule has 3 rings (SSSR count).